The highest BCUT2D eigenvalue weighted by Crippen LogP contribution is 2.29. The third-order valence-corrected chi connectivity index (χ3v) is 3.16. The topological polar surface area (TPSA) is 42.2 Å². The van der Waals surface area contributed by atoms with Crippen LogP contribution in [0.15, 0.2) is 47.3 Å². The van der Waals surface area contributed by atoms with E-state index in [2.05, 4.69) is 0 Å². The minimum absolute atomic E-state index is 0.447. The van der Waals surface area contributed by atoms with Crippen molar-refractivity contribution in [3.8, 4) is 0 Å². The number of pyridine rings is 1. The maximum Gasteiger partial charge on any atom is 0.431 e. The van der Waals surface area contributed by atoms with Crippen LogP contribution < -0.4 is 5.56 Å². The van der Waals surface area contributed by atoms with Crippen LogP contribution >= 0.6 is 0 Å². The molecule has 0 spiro atoms. The van der Waals surface area contributed by atoms with E-state index in [4.69, 9.17) is 0 Å². The molecule has 0 aliphatic carbocycles. The molecule has 0 amide bonds. The third-order valence-electron chi connectivity index (χ3n) is 3.16. The Morgan fingerprint density at radius 3 is 2.33 bits per heavy atom. The zero-order chi connectivity index (χ0) is 15.6. The Hall–Kier alpha value is -2.08. The average Bonchev–Trinajstić information content (AvgIpc) is 2.40. The molecule has 0 saturated carbocycles. The van der Waals surface area contributed by atoms with E-state index in [1.165, 1.54) is 0 Å². The second kappa shape index (κ2) is 5.73. The summed E-state index contributed by atoms with van der Waals surface area (Å²) in [6.07, 6.45) is -5.83. The standard InChI is InChI=1S/C15H14F3NO2/c1-10-5-7-11(8-6-10)12(20)9-19-13(15(16,17)18)3-2-4-14(19)21/h2-8,12,20H,9H2,1H3. The molecule has 1 aromatic heterocycles. The van der Waals surface area contributed by atoms with Crippen LogP contribution in [0, 0.1) is 6.92 Å². The van der Waals surface area contributed by atoms with Gasteiger partial charge in [-0.3, -0.25) is 4.79 Å². The minimum atomic E-state index is -4.65. The van der Waals surface area contributed by atoms with Crippen molar-refractivity contribution in [2.24, 2.45) is 0 Å². The lowest BCUT2D eigenvalue weighted by Crippen LogP contribution is -2.29. The van der Waals surface area contributed by atoms with Gasteiger partial charge in [0.25, 0.3) is 5.56 Å². The van der Waals surface area contributed by atoms with Crippen LogP contribution in [0.4, 0.5) is 13.2 Å². The summed E-state index contributed by atoms with van der Waals surface area (Å²) in [5.41, 5.74) is -0.430. The van der Waals surface area contributed by atoms with Crippen molar-refractivity contribution in [3.63, 3.8) is 0 Å². The monoisotopic (exact) mass is 297 g/mol. The molecule has 0 aliphatic heterocycles. The van der Waals surface area contributed by atoms with E-state index < -0.39 is 30.1 Å². The quantitative estimate of drug-likeness (QED) is 0.946. The van der Waals surface area contributed by atoms with Crippen molar-refractivity contribution in [1.82, 2.24) is 4.57 Å². The van der Waals surface area contributed by atoms with Gasteiger partial charge in [-0.15, -0.1) is 0 Å². The van der Waals surface area contributed by atoms with Crippen LogP contribution in [0.1, 0.15) is 22.9 Å². The van der Waals surface area contributed by atoms with E-state index in [1.54, 1.807) is 24.3 Å². The summed E-state index contributed by atoms with van der Waals surface area (Å²) in [5, 5.41) is 10.1. The van der Waals surface area contributed by atoms with Crippen LogP contribution in [0.2, 0.25) is 0 Å². The van der Waals surface area contributed by atoms with Gasteiger partial charge in [0.15, 0.2) is 0 Å². The summed E-state index contributed by atoms with van der Waals surface area (Å²) in [6, 6.07) is 9.66. The summed E-state index contributed by atoms with van der Waals surface area (Å²) in [6.45, 7) is 1.41. The molecule has 1 unspecified atom stereocenters. The summed E-state index contributed by atoms with van der Waals surface area (Å²) in [5.74, 6) is 0. The average molecular weight is 297 g/mol. The normalized spacial score (nSPS) is 13.2. The Balaban J connectivity index is 2.35. The molecule has 1 N–H and O–H groups in total. The van der Waals surface area contributed by atoms with Gasteiger partial charge >= 0.3 is 6.18 Å². The van der Waals surface area contributed by atoms with Gasteiger partial charge in [0.05, 0.1) is 12.6 Å². The van der Waals surface area contributed by atoms with Crippen molar-refractivity contribution < 1.29 is 18.3 Å². The molecule has 2 rings (SSSR count). The predicted molar refractivity (Wildman–Crippen MR) is 71.8 cm³/mol. The minimum Gasteiger partial charge on any atom is -0.387 e. The molecule has 1 heterocycles. The SMILES string of the molecule is Cc1ccc(C(O)Cn2c(C(F)(F)F)cccc2=O)cc1. The molecular weight excluding hydrogens is 283 g/mol. The van der Waals surface area contributed by atoms with Crippen LogP contribution in [0.5, 0.6) is 0 Å². The fraction of sp³-hybridized carbons (Fsp3) is 0.267. The highest BCUT2D eigenvalue weighted by atomic mass is 19.4. The first-order valence-electron chi connectivity index (χ1n) is 6.31. The molecule has 0 bridgehead atoms. The van der Waals surface area contributed by atoms with Gasteiger partial charge < -0.3 is 9.67 Å². The maximum absolute atomic E-state index is 12.9. The highest BCUT2D eigenvalue weighted by Gasteiger charge is 2.34. The number of benzene rings is 1. The Kier molecular flexibility index (Phi) is 4.18. The van der Waals surface area contributed by atoms with Crippen LogP contribution in [0.3, 0.4) is 0 Å². The summed E-state index contributed by atoms with van der Waals surface area (Å²) in [7, 11) is 0. The van der Waals surface area contributed by atoms with Crippen molar-refractivity contribution >= 4 is 0 Å². The molecule has 1 atom stereocenters. The summed E-state index contributed by atoms with van der Waals surface area (Å²) >= 11 is 0. The zero-order valence-corrected chi connectivity index (χ0v) is 11.3. The highest BCUT2D eigenvalue weighted by molar-refractivity contribution is 5.23. The smallest absolute Gasteiger partial charge is 0.387 e. The number of hydrogen-bond donors (Lipinski definition) is 1. The molecular formula is C15H14F3NO2. The number of aliphatic hydroxyl groups excluding tert-OH is 1. The van der Waals surface area contributed by atoms with E-state index in [9.17, 15) is 23.1 Å². The largest absolute Gasteiger partial charge is 0.431 e. The van der Waals surface area contributed by atoms with Crippen molar-refractivity contribution in [2.75, 3.05) is 0 Å². The van der Waals surface area contributed by atoms with E-state index in [0.717, 1.165) is 23.8 Å². The number of halogens is 3. The lowest BCUT2D eigenvalue weighted by Gasteiger charge is -2.18. The number of aromatic nitrogens is 1. The van der Waals surface area contributed by atoms with Crippen LogP contribution in [-0.4, -0.2) is 9.67 Å². The fourth-order valence-corrected chi connectivity index (χ4v) is 2.02. The van der Waals surface area contributed by atoms with Crippen LogP contribution in [0.25, 0.3) is 0 Å². The number of rotatable bonds is 3. The Morgan fingerprint density at radius 1 is 1.14 bits per heavy atom. The first-order valence-corrected chi connectivity index (χ1v) is 6.31. The Morgan fingerprint density at radius 2 is 1.76 bits per heavy atom. The number of aliphatic hydroxyl groups is 1. The number of aryl methyl sites for hydroxylation is 1. The Bertz CT molecular complexity index is 675. The van der Waals surface area contributed by atoms with Gasteiger partial charge in [-0.1, -0.05) is 35.9 Å². The van der Waals surface area contributed by atoms with E-state index in [1.807, 2.05) is 6.92 Å². The number of nitrogens with zero attached hydrogens (tertiary/aromatic N) is 1. The maximum atomic E-state index is 12.9. The first-order chi connectivity index (χ1) is 9.79. The third kappa shape index (κ3) is 3.52. The molecule has 1 aromatic carbocycles. The fourth-order valence-electron chi connectivity index (χ4n) is 2.02. The van der Waals surface area contributed by atoms with Crippen molar-refractivity contribution in [2.45, 2.75) is 25.7 Å². The molecule has 112 valence electrons. The molecule has 6 heteroatoms. The first kappa shape index (κ1) is 15.3. The van der Waals surface area contributed by atoms with Gasteiger partial charge in [0.2, 0.25) is 0 Å². The van der Waals surface area contributed by atoms with Gasteiger partial charge in [0, 0.05) is 6.07 Å². The van der Waals surface area contributed by atoms with Gasteiger partial charge in [-0.2, -0.15) is 13.2 Å². The molecule has 0 fully saturated rings. The van der Waals surface area contributed by atoms with Crippen molar-refractivity contribution in [1.29, 1.82) is 0 Å². The molecule has 21 heavy (non-hydrogen) atoms. The van der Waals surface area contributed by atoms with E-state index >= 15 is 0 Å². The van der Waals surface area contributed by atoms with Gasteiger partial charge in [-0.05, 0) is 18.6 Å². The molecule has 3 nitrogen and oxygen atoms in total. The molecule has 0 saturated heterocycles. The van der Waals surface area contributed by atoms with Crippen LogP contribution in [-0.2, 0) is 12.7 Å². The Labute approximate surface area is 119 Å². The van der Waals surface area contributed by atoms with E-state index in [0.29, 0.717) is 10.1 Å². The molecule has 0 radical (unpaired) electrons. The summed E-state index contributed by atoms with van der Waals surface area (Å²) in [4.78, 5) is 11.7. The number of alkyl halides is 3. The molecule has 2 aromatic rings. The predicted octanol–water partition coefficient (Wildman–Crippen LogP) is 2.91. The molecule has 0 aliphatic rings. The summed E-state index contributed by atoms with van der Waals surface area (Å²) < 4.78 is 39.2. The van der Waals surface area contributed by atoms with E-state index in [-0.39, 0.29) is 0 Å². The zero-order valence-electron chi connectivity index (χ0n) is 11.3. The lowest BCUT2D eigenvalue weighted by molar-refractivity contribution is -0.144. The van der Waals surface area contributed by atoms with Gasteiger partial charge in [-0.25, -0.2) is 0 Å². The second-order valence-corrected chi connectivity index (χ2v) is 4.78. The second-order valence-electron chi connectivity index (χ2n) is 4.78. The number of hydrogen-bond acceptors (Lipinski definition) is 2. The lowest BCUT2D eigenvalue weighted by atomic mass is 10.1. The van der Waals surface area contributed by atoms with Gasteiger partial charge in [0.1, 0.15) is 5.69 Å². The van der Waals surface area contributed by atoms with Crippen molar-refractivity contribution in [3.05, 3.63) is 69.6 Å².